The zero-order valence-corrected chi connectivity index (χ0v) is 9.21. The van der Waals surface area contributed by atoms with Crippen molar-refractivity contribution in [1.82, 2.24) is 4.90 Å². The molecule has 1 saturated heterocycles. The molecule has 0 aromatic heterocycles. The van der Waals surface area contributed by atoms with Crippen LogP contribution >= 0.6 is 0 Å². The third kappa shape index (κ3) is 3.65. The molecule has 0 aromatic carbocycles. The molecule has 0 amide bonds. The summed E-state index contributed by atoms with van der Waals surface area (Å²) >= 11 is 0. The summed E-state index contributed by atoms with van der Waals surface area (Å²) in [5.41, 5.74) is -0.537. The Bertz CT molecular complexity index is 151. The van der Waals surface area contributed by atoms with Crippen molar-refractivity contribution in [3.63, 3.8) is 0 Å². The Morgan fingerprint density at radius 2 is 2.08 bits per heavy atom. The number of hydrogen-bond acceptors (Lipinski definition) is 2. The molecule has 0 saturated carbocycles. The number of aliphatic hydroxyl groups is 1. The number of rotatable bonds is 3. The largest absolute Gasteiger partial charge is 0.389 e. The highest BCUT2D eigenvalue weighted by Crippen LogP contribution is 2.21. The molecule has 0 radical (unpaired) electrons. The SMILES string of the molecule is CCC1CCCCN1CC(C)(C)O. The fraction of sp³-hybridized carbons (Fsp3) is 1.00. The molecular weight excluding hydrogens is 162 g/mol. The minimum atomic E-state index is -0.537. The maximum absolute atomic E-state index is 9.74. The van der Waals surface area contributed by atoms with E-state index in [0.29, 0.717) is 6.04 Å². The molecule has 0 aliphatic carbocycles. The van der Waals surface area contributed by atoms with E-state index in [1.165, 1.54) is 32.2 Å². The van der Waals surface area contributed by atoms with Gasteiger partial charge in [-0.1, -0.05) is 13.3 Å². The minimum absolute atomic E-state index is 0.537. The quantitative estimate of drug-likeness (QED) is 0.727. The maximum Gasteiger partial charge on any atom is 0.0718 e. The molecule has 1 fully saturated rings. The molecule has 78 valence electrons. The van der Waals surface area contributed by atoms with Gasteiger partial charge in [-0.3, -0.25) is 4.90 Å². The van der Waals surface area contributed by atoms with Crippen LogP contribution in [-0.2, 0) is 0 Å². The lowest BCUT2D eigenvalue weighted by Crippen LogP contribution is -2.46. The fourth-order valence-electron chi connectivity index (χ4n) is 2.23. The molecule has 0 aromatic rings. The standard InChI is InChI=1S/C11H23NO/c1-4-10-7-5-6-8-12(10)9-11(2,3)13/h10,13H,4-9H2,1-3H3. The molecule has 13 heavy (non-hydrogen) atoms. The van der Waals surface area contributed by atoms with Gasteiger partial charge in [-0.15, -0.1) is 0 Å². The van der Waals surface area contributed by atoms with Gasteiger partial charge >= 0.3 is 0 Å². The van der Waals surface area contributed by atoms with Crippen molar-refractivity contribution in [3.8, 4) is 0 Å². The molecule has 1 heterocycles. The van der Waals surface area contributed by atoms with Crippen molar-refractivity contribution in [2.45, 2.75) is 58.1 Å². The summed E-state index contributed by atoms with van der Waals surface area (Å²) < 4.78 is 0. The zero-order chi connectivity index (χ0) is 9.90. The lowest BCUT2D eigenvalue weighted by atomic mass is 9.98. The van der Waals surface area contributed by atoms with Gasteiger partial charge in [-0.25, -0.2) is 0 Å². The molecule has 0 bridgehead atoms. The smallest absolute Gasteiger partial charge is 0.0718 e. The highest BCUT2D eigenvalue weighted by Gasteiger charge is 2.25. The van der Waals surface area contributed by atoms with E-state index < -0.39 is 5.60 Å². The molecule has 1 aliphatic rings. The van der Waals surface area contributed by atoms with Gasteiger partial charge in [0.05, 0.1) is 5.60 Å². The number of likely N-dealkylation sites (tertiary alicyclic amines) is 1. The third-order valence-corrected chi connectivity index (χ3v) is 2.81. The van der Waals surface area contributed by atoms with Crippen LogP contribution < -0.4 is 0 Å². The topological polar surface area (TPSA) is 23.5 Å². The molecule has 1 aliphatic heterocycles. The minimum Gasteiger partial charge on any atom is -0.389 e. The molecule has 0 spiro atoms. The van der Waals surface area contributed by atoms with Crippen LogP contribution in [-0.4, -0.2) is 34.7 Å². The van der Waals surface area contributed by atoms with Gasteiger partial charge in [-0.05, 0) is 39.7 Å². The Kier molecular flexibility index (Phi) is 3.74. The summed E-state index contributed by atoms with van der Waals surface area (Å²) in [7, 11) is 0. The fourth-order valence-corrected chi connectivity index (χ4v) is 2.23. The Morgan fingerprint density at radius 3 is 2.62 bits per heavy atom. The number of piperidine rings is 1. The first-order valence-corrected chi connectivity index (χ1v) is 5.49. The van der Waals surface area contributed by atoms with Crippen LogP contribution in [0.25, 0.3) is 0 Å². The van der Waals surface area contributed by atoms with Crippen molar-refractivity contribution in [3.05, 3.63) is 0 Å². The highest BCUT2D eigenvalue weighted by molar-refractivity contribution is 4.80. The van der Waals surface area contributed by atoms with Crippen LogP contribution in [0.4, 0.5) is 0 Å². The first kappa shape index (κ1) is 11.0. The molecule has 1 unspecified atom stereocenters. The number of β-amino-alcohol motifs (C(OH)–C–C–N with tert-alkyl or cyclic N) is 1. The summed E-state index contributed by atoms with van der Waals surface area (Å²) in [5, 5.41) is 9.74. The van der Waals surface area contributed by atoms with Gasteiger partial charge in [0.1, 0.15) is 0 Å². The third-order valence-electron chi connectivity index (χ3n) is 2.81. The van der Waals surface area contributed by atoms with Crippen molar-refractivity contribution in [2.24, 2.45) is 0 Å². The van der Waals surface area contributed by atoms with Crippen molar-refractivity contribution in [2.75, 3.05) is 13.1 Å². The van der Waals surface area contributed by atoms with Crippen LogP contribution in [0.3, 0.4) is 0 Å². The van der Waals surface area contributed by atoms with Gasteiger partial charge in [0.2, 0.25) is 0 Å². The Labute approximate surface area is 81.9 Å². The van der Waals surface area contributed by atoms with Crippen LogP contribution in [0.2, 0.25) is 0 Å². The van der Waals surface area contributed by atoms with Gasteiger partial charge < -0.3 is 5.11 Å². The van der Waals surface area contributed by atoms with E-state index in [0.717, 1.165) is 6.54 Å². The normalized spacial score (nSPS) is 26.3. The average Bonchev–Trinajstić information content (AvgIpc) is 2.02. The van der Waals surface area contributed by atoms with E-state index in [-0.39, 0.29) is 0 Å². The Hall–Kier alpha value is -0.0800. The zero-order valence-electron chi connectivity index (χ0n) is 9.21. The van der Waals surface area contributed by atoms with E-state index in [1.807, 2.05) is 13.8 Å². The van der Waals surface area contributed by atoms with Crippen LogP contribution in [0.15, 0.2) is 0 Å². The van der Waals surface area contributed by atoms with Gasteiger partial charge in [0.25, 0.3) is 0 Å². The van der Waals surface area contributed by atoms with Crippen molar-refractivity contribution in [1.29, 1.82) is 0 Å². The highest BCUT2D eigenvalue weighted by atomic mass is 16.3. The summed E-state index contributed by atoms with van der Waals surface area (Å²) in [6.45, 7) is 8.03. The lowest BCUT2D eigenvalue weighted by Gasteiger charge is -2.38. The van der Waals surface area contributed by atoms with E-state index in [4.69, 9.17) is 0 Å². The molecular formula is C11H23NO. The predicted octanol–water partition coefficient (Wildman–Crippen LogP) is 2.02. The number of nitrogens with zero attached hydrogens (tertiary/aromatic N) is 1. The van der Waals surface area contributed by atoms with E-state index in [2.05, 4.69) is 11.8 Å². The second-order valence-corrected chi connectivity index (χ2v) is 4.84. The lowest BCUT2D eigenvalue weighted by molar-refractivity contribution is 0.00920. The Morgan fingerprint density at radius 1 is 1.38 bits per heavy atom. The van der Waals surface area contributed by atoms with E-state index in [1.54, 1.807) is 0 Å². The Balaban J connectivity index is 2.45. The summed E-state index contributed by atoms with van der Waals surface area (Å²) in [6.07, 6.45) is 5.19. The van der Waals surface area contributed by atoms with Gasteiger partial charge in [-0.2, -0.15) is 0 Å². The molecule has 2 nitrogen and oxygen atoms in total. The average molecular weight is 185 g/mol. The van der Waals surface area contributed by atoms with E-state index >= 15 is 0 Å². The maximum atomic E-state index is 9.74. The van der Waals surface area contributed by atoms with Crippen LogP contribution in [0, 0.1) is 0 Å². The summed E-state index contributed by atoms with van der Waals surface area (Å²) in [6, 6.07) is 0.708. The molecule has 2 heteroatoms. The summed E-state index contributed by atoms with van der Waals surface area (Å²) in [4.78, 5) is 2.45. The van der Waals surface area contributed by atoms with Crippen molar-refractivity contribution < 1.29 is 5.11 Å². The van der Waals surface area contributed by atoms with Crippen LogP contribution in [0.1, 0.15) is 46.5 Å². The molecule has 1 rings (SSSR count). The van der Waals surface area contributed by atoms with Crippen LogP contribution in [0.5, 0.6) is 0 Å². The van der Waals surface area contributed by atoms with Crippen molar-refractivity contribution >= 4 is 0 Å². The second-order valence-electron chi connectivity index (χ2n) is 4.84. The van der Waals surface area contributed by atoms with Gasteiger partial charge in [0.15, 0.2) is 0 Å². The first-order chi connectivity index (χ1) is 6.03. The van der Waals surface area contributed by atoms with E-state index in [9.17, 15) is 5.11 Å². The second kappa shape index (κ2) is 4.43. The van der Waals surface area contributed by atoms with Gasteiger partial charge in [0, 0.05) is 12.6 Å². The summed E-state index contributed by atoms with van der Waals surface area (Å²) in [5.74, 6) is 0. The monoisotopic (exact) mass is 185 g/mol. The number of hydrogen-bond donors (Lipinski definition) is 1. The molecule has 1 N–H and O–H groups in total. The predicted molar refractivity (Wildman–Crippen MR) is 55.8 cm³/mol. The molecule has 1 atom stereocenters. The first-order valence-electron chi connectivity index (χ1n) is 5.49.